The van der Waals surface area contributed by atoms with Gasteiger partial charge in [-0.2, -0.15) is 0 Å². The number of carbonyl (C=O) groups excluding carboxylic acids is 1. The van der Waals surface area contributed by atoms with Gasteiger partial charge < -0.3 is 9.47 Å². The van der Waals surface area contributed by atoms with Crippen LogP contribution in [0.15, 0.2) is 24.3 Å². The van der Waals surface area contributed by atoms with Gasteiger partial charge in [-0.15, -0.1) is 0 Å². The van der Waals surface area contributed by atoms with E-state index in [0.29, 0.717) is 6.61 Å². The second kappa shape index (κ2) is 6.35. The maximum Gasteiger partial charge on any atom is 0.367 e. The summed E-state index contributed by atoms with van der Waals surface area (Å²) >= 11 is 1.08. The topological polar surface area (TPSA) is 35.5 Å². The highest BCUT2D eigenvalue weighted by Crippen LogP contribution is 2.11. The Morgan fingerprint density at radius 2 is 2.00 bits per heavy atom. The highest BCUT2D eigenvalue weighted by Gasteiger charge is 1.99. The van der Waals surface area contributed by atoms with Crippen LogP contribution in [0.25, 0.3) is 0 Å². The number of hydrogen-bond donors (Lipinski definition) is 0. The Labute approximate surface area is 93.8 Å². The molecule has 4 heteroatoms. The minimum atomic E-state index is -0.233. The summed E-state index contributed by atoms with van der Waals surface area (Å²) in [6.07, 6.45) is 2.44. The Morgan fingerprint density at radius 1 is 1.33 bits per heavy atom. The molecule has 0 saturated carbocycles. The zero-order chi connectivity index (χ0) is 11.1. The summed E-state index contributed by atoms with van der Waals surface area (Å²) < 4.78 is 9.99. The Kier molecular flexibility index (Phi) is 5.04. The second-order valence-corrected chi connectivity index (χ2v) is 3.64. The van der Waals surface area contributed by atoms with Crippen molar-refractivity contribution in [1.29, 1.82) is 0 Å². The first-order valence-corrected chi connectivity index (χ1v) is 5.82. The molecule has 0 unspecified atom stereocenters. The fourth-order valence-corrected chi connectivity index (χ4v) is 1.30. The van der Waals surface area contributed by atoms with E-state index in [0.717, 1.165) is 29.5 Å². The smallest absolute Gasteiger partial charge is 0.367 e. The molecule has 1 rings (SSSR count). The Bertz CT molecular complexity index is 308. The van der Waals surface area contributed by atoms with Gasteiger partial charge in [0.15, 0.2) is 0 Å². The summed E-state index contributed by atoms with van der Waals surface area (Å²) in [5, 5.41) is -0.233. The number of thioether (sulfide) groups is 1. The van der Waals surface area contributed by atoms with Crippen molar-refractivity contribution in [3.63, 3.8) is 0 Å². The van der Waals surface area contributed by atoms with Crippen molar-refractivity contribution in [2.45, 2.75) is 6.42 Å². The molecule has 0 atom stereocenters. The number of benzene rings is 1. The van der Waals surface area contributed by atoms with Crippen molar-refractivity contribution in [1.82, 2.24) is 0 Å². The molecule has 3 nitrogen and oxygen atoms in total. The summed E-state index contributed by atoms with van der Waals surface area (Å²) in [4.78, 5) is 10.8. The summed E-state index contributed by atoms with van der Waals surface area (Å²) in [6.45, 7) is 0.423. The second-order valence-electron chi connectivity index (χ2n) is 2.90. The fourth-order valence-electron chi connectivity index (χ4n) is 1.10. The highest BCUT2D eigenvalue weighted by molar-refractivity contribution is 8.12. The largest absolute Gasteiger partial charge is 0.497 e. The van der Waals surface area contributed by atoms with Crippen LogP contribution in [0.4, 0.5) is 4.79 Å². The minimum absolute atomic E-state index is 0.233. The molecular formula is C11H14O3S. The maximum atomic E-state index is 10.8. The van der Waals surface area contributed by atoms with Crippen molar-refractivity contribution in [3.8, 4) is 5.75 Å². The van der Waals surface area contributed by atoms with Crippen molar-refractivity contribution < 1.29 is 14.3 Å². The fraction of sp³-hybridized carbons (Fsp3) is 0.364. The zero-order valence-electron chi connectivity index (χ0n) is 8.86. The van der Waals surface area contributed by atoms with Crippen molar-refractivity contribution in [3.05, 3.63) is 29.8 Å². The van der Waals surface area contributed by atoms with E-state index < -0.39 is 0 Å². The Balaban J connectivity index is 2.34. The van der Waals surface area contributed by atoms with Gasteiger partial charge in [0.05, 0.1) is 13.7 Å². The molecule has 0 N–H and O–H groups in total. The third-order valence-electron chi connectivity index (χ3n) is 1.94. The van der Waals surface area contributed by atoms with E-state index in [4.69, 9.17) is 9.47 Å². The lowest BCUT2D eigenvalue weighted by atomic mass is 10.1. The van der Waals surface area contributed by atoms with Gasteiger partial charge in [-0.3, -0.25) is 0 Å². The Hall–Kier alpha value is -1.16. The first-order chi connectivity index (χ1) is 7.26. The van der Waals surface area contributed by atoms with Gasteiger partial charge in [0, 0.05) is 6.42 Å². The van der Waals surface area contributed by atoms with Gasteiger partial charge in [-0.1, -0.05) is 12.1 Å². The summed E-state index contributed by atoms with van der Waals surface area (Å²) in [5.41, 5.74) is 1.13. The van der Waals surface area contributed by atoms with Gasteiger partial charge >= 0.3 is 5.30 Å². The van der Waals surface area contributed by atoms with Gasteiger partial charge in [-0.05, 0) is 35.7 Å². The van der Waals surface area contributed by atoms with Crippen molar-refractivity contribution in [2.75, 3.05) is 20.0 Å². The van der Waals surface area contributed by atoms with Crippen molar-refractivity contribution >= 4 is 17.1 Å². The van der Waals surface area contributed by atoms with Gasteiger partial charge in [-0.25, -0.2) is 4.79 Å². The molecule has 0 amide bonds. The molecule has 1 aromatic carbocycles. The van der Waals surface area contributed by atoms with E-state index in [1.807, 2.05) is 24.3 Å². The predicted molar refractivity (Wildman–Crippen MR) is 61.6 cm³/mol. The van der Waals surface area contributed by atoms with Gasteiger partial charge in [0.1, 0.15) is 5.75 Å². The zero-order valence-corrected chi connectivity index (χ0v) is 9.67. The molecule has 0 aliphatic carbocycles. The lowest BCUT2D eigenvalue weighted by Gasteiger charge is -2.04. The van der Waals surface area contributed by atoms with Gasteiger partial charge in [0.2, 0.25) is 0 Å². The predicted octanol–water partition coefficient (Wildman–Crippen LogP) is 2.74. The molecule has 0 aliphatic heterocycles. The third kappa shape index (κ3) is 4.25. The minimum Gasteiger partial charge on any atom is -0.497 e. The molecule has 15 heavy (non-hydrogen) atoms. The number of carbonyl (C=O) groups is 1. The van der Waals surface area contributed by atoms with E-state index in [2.05, 4.69) is 0 Å². The van der Waals surface area contributed by atoms with Crippen LogP contribution in [0.2, 0.25) is 0 Å². The number of methoxy groups -OCH3 is 1. The van der Waals surface area contributed by atoms with E-state index in [9.17, 15) is 4.79 Å². The standard InChI is InChI=1S/C11H14O3S/c1-13-10-5-3-9(4-6-10)7-8-14-11(12)15-2/h3-6H,7-8H2,1-2H3. The summed E-state index contributed by atoms with van der Waals surface area (Å²) in [6, 6.07) is 7.72. The van der Waals surface area contributed by atoms with Crippen LogP contribution in [0.1, 0.15) is 5.56 Å². The summed E-state index contributed by atoms with van der Waals surface area (Å²) in [5.74, 6) is 0.833. The number of hydrogen-bond acceptors (Lipinski definition) is 4. The van der Waals surface area contributed by atoms with Crippen LogP contribution < -0.4 is 4.74 Å². The van der Waals surface area contributed by atoms with Crippen LogP contribution in [0, 0.1) is 0 Å². The van der Waals surface area contributed by atoms with Crippen LogP contribution in [-0.4, -0.2) is 25.3 Å². The normalized spacial score (nSPS) is 9.73. The van der Waals surface area contributed by atoms with Crippen molar-refractivity contribution in [2.24, 2.45) is 0 Å². The SMILES string of the molecule is COc1ccc(CCOC(=O)SC)cc1. The molecule has 0 aliphatic rings. The molecular weight excluding hydrogens is 212 g/mol. The monoisotopic (exact) mass is 226 g/mol. The van der Waals surface area contributed by atoms with E-state index in [-0.39, 0.29) is 5.30 Å². The summed E-state index contributed by atoms with van der Waals surface area (Å²) in [7, 11) is 1.63. The van der Waals surface area contributed by atoms with E-state index in [1.54, 1.807) is 13.4 Å². The molecule has 0 spiro atoms. The molecule has 0 aromatic heterocycles. The highest BCUT2D eigenvalue weighted by atomic mass is 32.2. The molecule has 0 heterocycles. The third-order valence-corrected chi connectivity index (χ3v) is 2.39. The average Bonchev–Trinajstić information content (AvgIpc) is 2.29. The number of rotatable bonds is 4. The Morgan fingerprint density at radius 3 is 2.53 bits per heavy atom. The first kappa shape index (κ1) is 11.9. The molecule has 0 saturated heterocycles. The number of ether oxygens (including phenoxy) is 2. The lowest BCUT2D eigenvalue weighted by Crippen LogP contribution is -2.01. The molecule has 0 fully saturated rings. The van der Waals surface area contributed by atoms with Gasteiger partial charge in [0.25, 0.3) is 0 Å². The quantitative estimate of drug-likeness (QED) is 0.739. The lowest BCUT2D eigenvalue weighted by molar-refractivity contribution is 0.176. The van der Waals surface area contributed by atoms with Crippen LogP contribution in [0.5, 0.6) is 5.75 Å². The molecule has 1 aromatic rings. The van der Waals surface area contributed by atoms with Crippen LogP contribution >= 0.6 is 11.8 Å². The first-order valence-electron chi connectivity index (χ1n) is 4.60. The molecule has 0 bridgehead atoms. The maximum absolute atomic E-state index is 10.8. The van der Waals surface area contributed by atoms with Crippen LogP contribution in [0.3, 0.4) is 0 Å². The molecule has 0 radical (unpaired) electrons. The molecule has 82 valence electrons. The average molecular weight is 226 g/mol. The van der Waals surface area contributed by atoms with E-state index >= 15 is 0 Å². The van der Waals surface area contributed by atoms with Crippen LogP contribution in [-0.2, 0) is 11.2 Å². The van der Waals surface area contributed by atoms with E-state index in [1.165, 1.54) is 0 Å².